The predicted molar refractivity (Wildman–Crippen MR) is 66.4 cm³/mol. The molecule has 1 amide bonds. The lowest BCUT2D eigenvalue weighted by Gasteiger charge is -2.00. The van der Waals surface area contributed by atoms with E-state index in [9.17, 15) is 4.79 Å². The fourth-order valence-corrected chi connectivity index (χ4v) is 1.65. The minimum atomic E-state index is -0.238. The van der Waals surface area contributed by atoms with Crippen molar-refractivity contribution in [1.82, 2.24) is 14.8 Å². The van der Waals surface area contributed by atoms with Crippen LogP contribution < -0.4 is 5.32 Å². The van der Waals surface area contributed by atoms with Crippen LogP contribution >= 0.6 is 0 Å². The minimum absolute atomic E-state index is 0.238. The quantitative estimate of drug-likeness (QED) is 0.897. The van der Waals surface area contributed by atoms with Gasteiger partial charge in [0.2, 0.25) is 5.95 Å². The summed E-state index contributed by atoms with van der Waals surface area (Å²) >= 11 is 0. The topological polar surface area (TPSA) is 73.0 Å². The van der Waals surface area contributed by atoms with E-state index in [0.29, 0.717) is 17.3 Å². The van der Waals surface area contributed by atoms with E-state index in [1.54, 1.807) is 17.8 Å². The Morgan fingerprint density at radius 2 is 2.33 bits per heavy atom. The summed E-state index contributed by atoms with van der Waals surface area (Å²) < 4.78 is 6.90. The highest BCUT2D eigenvalue weighted by molar-refractivity contribution is 6.04. The zero-order valence-corrected chi connectivity index (χ0v) is 10.7. The van der Waals surface area contributed by atoms with Gasteiger partial charge in [-0.25, -0.2) is 0 Å². The molecule has 18 heavy (non-hydrogen) atoms. The molecular weight excluding hydrogens is 232 g/mol. The van der Waals surface area contributed by atoms with Gasteiger partial charge in [-0.15, -0.1) is 5.10 Å². The van der Waals surface area contributed by atoms with Crippen LogP contribution in [0.3, 0.4) is 0 Å². The Morgan fingerprint density at radius 3 is 2.94 bits per heavy atom. The summed E-state index contributed by atoms with van der Waals surface area (Å²) in [6, 6.07) is 1.66. The predicted octanol–water partition coefficient (Wildman–Crippen LogP) is 1.92. The van der Waals surface area contributed by atoms with Crippen molar-refractivity contribution in [3.63, 3.8) is 0 Å². The van der Waals surface area contributed by atoms with Gasteiger partial charge in [0, 0.05) is 13.5 Å². The van der Waals surface area contributed by atoms with E-state index in [0.717, 1.165) is 18.7 Å². The molecule has 0 fully saturated rings. The van der Waals surface area contributed by atoms with Crippen molar-refractivity contribution in [2.24, 2.45) is 7.05 Å². The molecule has 2 aromatic rings. The van der Waals surface area contributed by atoms with Crippen LogP contribution in [0, 0.1) is 6.92 Å². The number of amides is 1. The SMILES string of the molecule is CCCc1occc1C(=O)Nc1nc(C)n(C)n1. The first-order valence-electron chi connectivity index (χ1n) is 5.87. The molecule has 2 heterocycles. The van der Waals surface area contributed by atoms with Crippen molar-refractivity contribution in [3.8, 4) is 0 Å². The molecule has 0 bridgehead atoms. The third-order valence-electron chi connectivity index (χ3n) is 2.67. The molecular formula is C12H16N4O2. The van der Waals surface area contributed by atoms with Gasteiger partial charge in [-0.1, -0.05) is 6.92 Å². The normalized spacial score (nSPS) is 10.6. The van der Waals surface area contributed by atoms with Gasteiger partial charge < -0.3 is 4.42 Å². The molecule has 96 valence electrons. The standard InChI is InChI=1S/C12H16N4O2/c1-4-5-10-9(6-7-18-10)11(17)14-12-13-8(2)16(3)15-12/h6-7H,4-5H2,1-3H3,(H,14,15,17). The molecule has 6 heteroatoms. The number of carbonyl (C=O) groups is 1. The number of carbonyl (C=O) groups excluding carboxylic acids is 1. The van der Waals surface area contributed by atoms with Gasteiger partial charge in [0.25, 0.3) is 5.91 Å². The molecule has 0 aliphatic heterocycles. The Kier molecular flexibility index (Phi) is 3.45. The number of furan rings is 1. The second kappa shape index (κ2) is 5.03. The molecule has 6 nitrogen and oxygen atoms in total. The first-order chi connectivity index (χ1) is 8.61. The Hall–Kier alpha value is -2.11. The van der Waals surface area contributed by atoms with Crippen molar-refractivity contribution < 1.29 is 9.21 Å². The number of hydrogen-bond donors (Lipinski definition) is 1. The van der Waals surface area contributed by atoms with E-state index >= 15 is 0 Å². The van der Waals surface area contributed by atoms with Crippen molar-refractivity contribution in [2.75, 3.05) is 5.32 Å². The van der Waals surface area contributed by atoms with Crippen LogP contribution in [-0.2, 0) is 13.5 Å². The number of nitrogens with one attached hydrogen (secondary N) is 1. The maximum Gasteiger partial charge on any atom is 0.261 e. The summed E-state index contributed by atoms with van der Waals surface area (Å²) in [7, 11) is 1.78. The molecule has 1 N–H and O–H groups in total. The maximum absolute atomic E-state index is 12.0. The van der Waals surface area contributed by atoms with Crippen LogP contribution in [0.5, 0.6) is 0 Å². The average Bonchev–Trinajstić information content (AvgIpc) is 2.88. The van der Waals surface area contributed by atoms with Crippen molar-refractivity contribution >= 4 is 11.9 Å². The molecule has 0 radical (unpaired) electrons. The third-order valence-corrected chi connectivity index (χ3v) is 2.67. The third kappa shape index (κ3) is 2.42. The molecule has 0 saturated heterocycles. The Bertz CT molecular complexity index is 537. The molecule has 0 aromatic carbocycles. The van der Waals surface area contributed by atoms with Crippen LogP contribution in [0.4, 0.5) is 5.95 Å². The van der Waals surface area contributed by atoms with E-state index in [1.165, 1.54) is 6.26 Å². The molecule has 0 unspecified atom stereocenters. The van der Waals surface area contributed by atoms with Crippen molar-refractivity contribution in [1.29, 1.82) is 0 Å². The number of nitrogens with zero attached hydrogens (tertiary/aromatic N) is 3. The zero-order valence-electron chi connectivity index (χ0n) is 10.7. The summed E-state index contributed by atoms with van der Waals surface area (Å²) in [6.07, 6.45) is 3.19. The summed E-state index contributed by atoms with van der Waals surface area (Å²) in [5.41, 5.74) is 0.543. The number of aromatic nitrogens is 3. The summed E-state index contributed by atoms with van der Waals surface area (Å²) in [4.78, 5) is 16.2. The van der Waals surface area contributed by atoms with E-state index in [2.05, 4.69) is 15.4 Å². The smallest absolute Gasteiger partial charge is 0.261 e. The maximum atomic E-state index is 12.0. The molecule has 0 aliphatic carbocycles. The zero-order chi connectivity index (χ0) is 13.1. The Labute approximate surface area is 105 Å². The highest BCUT2D eigenvalue weighted by atomic mass is 16.3. The van der Waals surface area contributed by atoms with Crippen LogP contribution in [0.15, 0.2) is 16.7 Å². The van der Waals surface area contributed by atoms with E-state index in [1.807, 2.05) is 13.8 Å². The lowest BCUT2D eigenvalue weighted by atomic mass is 10.1. The first-order valence-corrected chi connectivity index (χ1v) is 5.87. The Morgan fingerprint density at radius 1 is 1.56 bits per heavy atom. The molecule has 2 aromatic heterocycles. The van der Waals surface area contributed by atoms with E-state index < -0.39 is 0 Å². The van der Waals surface area contributed by atoms with Gasteiger partial charge in [0.05, 0.1) is 11.8 Å². The second-order valence-electron chi connectivity index (χ2n) is 4.07. The summed E-state index contributed by atoms with van der Waals surface area (Å²) in [6.45, 7) is 3.86. The van der Waals surface area contributed by atoms with Crippen molar-refractivity contribution in [3.05, 3.63) is 29.5 Å². The van der Waals surface area contributed by atoms with Crippen LogP contribution in [0.25, 0.3) is 0 Å². The Balaban J connectivity index is 2.14. The lowest BCUT2D eigenvalue weighted by molar-refractivity contribution is 0.102. The fraction of sp³-hybridized carbons (Fsp3) is 0.417. The van der Waals surface area contributed by atoms with Crippen LogP contribution in [0.2, 0.25) is 0 Å². The van der Waals surface area contributed by atoms with Gasteiger partial charge in [-0.05, 0) is 19.4 Å². The highest BCUT2D eigenvalue weighted by Crippen LogP contribution is 2.14. The van der Waals surface area contributed by atoms with E-state index in [4.69, 9.17) is 4.42 Å². The molecule has 0 atom stereocenters. The average molecular weight is 248 g/mol. The molecule has 0 spiro atoms. The number of rotatable bonds is 4. The van der Waals surface area contributed by atoms with E-state index in [-0.39, 0.29) is 5.91 Å². The first kappa shape index (κ1) is 12.3. The molecule has 2 rings (SSSR count). The number of aryl methyl sites for hydroxylation is 3. The molecule has 0 aliphatic rings. The lowest BCUT2D eigenvalue weighted by Crippen LogP contribution is -2.14. The largest absolute Gasteiger partial charge is 0.469 e. The van der Waals surface area contributed by atoms with Crippen LogP contribution in [-0.4, -0.2) is 20.7 Å². The van der Waals surface area contributed by atoms with Gasteiger partial charge >= 0.3 is 0 Å². The second-order valence-corrected chi connectivity index (χ2v) is 4.07. The van der Waals surface area contributed by atoms with Gasteiger partial charge in [-0.3, -0.25) is 14.8 Å². The van der Waals surface area contributed by atoms with Gasteiger partial charge in [-0.2, -0.15) is 4.98 Å². The van der Waals surface area contributed by atoms with Crippen molar-refractivity contribution in [2.45, 2.75) is 26.7 Å². The number of hydrogen-bond acceptors (Lipinski definition) is 4. The molecule has 0 saturated carbocycles. The monoisotopic (exact) mass is 248 g/mol. The summed E-state index contributed by atoms with van der Waals surface area (Å²) in [5.74, 6) is 1.51. The minimum Gasteiger partial charge on any atom is -0.469 e. The van der Waals surface area contributed by atoms with Gasteiger partial charge in [0.1, 0.15) is 11.6 Å². The number of anilines is 1. The fourth-order valence-electron chi connectivity index (χ4n) is 1.65. The highest BCUT2D eigenvalue weighted by Gasteiger charge is 2.16. The van der Waals surface area contributed by atoms with Crippen LogP contribution in [0.1, 0.15) is 35.3 Å². The van der Waals surface area contributed by atoms with Gasteiger partial charge in [0.15, 0.2) is 0 Å². The summed E-state index contributed by atoms with van der Waals surface area (Å²) in [5, 5.41) is 6.74.